The molecule has 1 aromatic carbocycles. The molecule has 4 heteroatoms. The third-order valence-corrected chi connectivity index (χ3v) is 4.39. The molecule has 4 nitrogen and oxygen atoms in total. The van der Waals surface area contributed by atoms with Crippen LogP contribution in [0.3, 0.4) is 0 Å². The highest BCUT2D eigenvalue weighted by molar-refractivity contribution is 5.97. The molecule has 116 valence electrons. The van der Waals surface area contributed by atoms with Gasteiger partial charge in [-0.15, -0.1) is 0 Å². The normalized spacial score (nSPS) is 15.7. The number of amides is 1. The molecule has 1 amide bonds. The Kier molecular flexibility index (Phi) is 4.27. The summed E-state index contributed by atoms with van der Waals surface area (Å²) in [5, 5.41) is 4.14. The van der Waals surface area contributed by atoms with E-state index in [9.17, 15) is 4.79 Å². The molecule has 0 aliphatic heterocycles. The monoisotopic (exact) mass is 297 g/mol. The number of hydrogen-bond acceptors (Lipinski definition) is 3. The van der Waals surface area contributed by atoms with Gasteiger partial charge in [-0.05, 0) is 31.0 Å². The minimum atomic E-state index is -0.00186. The number of pyridine rings is 1. The largest absolute Gasteiger partial charge is 0.378 e. The Labute approximate surface area is 131 Å². The topological polar surface area (TPSA) is 45.2 Å². The molecule has 0 bridgehead atoms. The summed E-state index contributed by atoms with van der Waals surface area (Å²) in [5.74, 6) is -0.00186. The summed E-state index contributed by atoms with van der Waals surface area (Å²) in [4.78, 5) is 18.9. The van der Waals surface area contributed by atoms with E-state index in [0.29, 0.717) is 11.6 Å². The summed E-state index contributed by atoms with van der Waals surface area (Å²) in [5.41, 5.74) is 2.68. The zero-order chi connectivity index (χ0) is 15.5. The second-order valence-electron chi connectivity index (χ2n) is 6.30. The molecule has 1 fully saturated rings. The smallest absolute Gasteiger partial charge is 0.253 e. The molecule has 1 aliphatic carbocycles. The third-order valence-electron chi connectivity index (χ3n) is 4.39. The van der Waals surface area contributed by atoms with Gasteiger partial charge in [0.2, 0.25) is 0 Å². The lowest BCUT2D eigenvalue weighted by molar-refractivity contribution is 0.0927. The number of benzene rings is 1. The fourth-order valence-corrected chi connectivity index (χ4v) is 3.03. The molecule has 0 radical (unpaired) electrons. The molecule has 1 saturated carbocycles. The van der Waals surface area contributed by atoms with Gasteiger partial charge >= 0.3 is 0 Å². The van der Waals surface area contributed by atoms with Crippen LogP contribution in [-0.2, 0) is 0 Å². The van der Waals surface area contributed by atoms with Gasteiger partial charge in [-0.1, -0.05) is 25.3 Å². The van der Waals surface area contributed by atoms with Gasteiger partial charge in [-0.2, -0.15) is 0 Å². The first kappa shape index (κ1) is 14.8. The van der Waals surface area contributed by atoms with E-state index in [4.69, 9.17) is 0 Å². The quantitative estimate of drug-likeness (QED) is 0.945. The predicted octanol–water partition coefficient (Wildman–Crippen LogP) is 3.36. The van der Waals surface area contributed by atoms with Crippen molar-refractivity contribution in [2.75, 3.05) is 19.0 Å². The van der Waals surface area contributed by atoms with E-state index in [1.165, 1.54) is 19.3 Å². The van der Waals surface area contributed by atoms with Gasteiger partial charge in [0.25, 0.3) is 5.91 Å². The summed E-state index contributed by atoms with van der Waals surface area (Å²) >= 11 is 0. The summed E-state index contributed by atoms with van der Waals surface area (Å²) in [7, 11) is 4.01. The zero-order valence-electron chi connectivity index (χ0n) is 13.3. The summed E-state index contributed by atoms with van der Waals surface area (Å²) in [6.45, 7) is 0. The standard InChI is InChI=1S/C18H23N3O/c1-21(2)16-9-8-13-10-14(12-19-17(13)11-16)18(22)20-15-6-4-3-5-7-15/h8-12,15H,3-7H2,1-2H3,(H,20,22). The van der Waals surface area contributed by atoms with Gasteiger partial charge in [0, 0.05) is 37.4 Å². The van der Waals surface area contributed by atoms with E-state index in [1.807, 2.05) is 43.3 Å². The van der Waals surface area contributed by atoms with E-state index in [0.717, 1.165) is 29.4 Å². The third kappa shape index (κ3) is 3.21. The van der Waals surface area contributed by atoms with Crippen molar-refractivity contribution in [3.8, 4) is 0 Å². The molecule has 2 aromatic rings. The second kappa shape index (κ2) is 6.34. The molecule has 22 heavy (non-hydrogen) atoms. The van der Waals surface area contributed by atoms with Crippen molar-refractivity contribution >= 4 is 22.5 Å². The molecular formula is C18H23N3O. The first-order chi connectivity index (χ1) is 10.6. The highest BCUT2D eigenvalue weighted by Crippen LogP contribution is 2.21. The van der Waals surface area contributed by atoms with Crippen molar-refractivity contribution in [1.29, 1.82) is 0 Å². The second-order valence-corrected chi connectivity index (χ2v) is 6.30. The lowest BCUT2D eigenvalue weighted by Crippen LogP contribution is -2.36. The van der Waals surface area contributed by atoms with Gasteiger partial charge in [-0.3, -0.25) is 9.78 Å². The first-order valence-corrected chi connectivity index (χ1v) is 8.01. The Bertz CT molecular complexity index is 675. The lowest BCUT2D eigenvalue weighted by Gasteiger charge is -2.22. The Morgan fingerprint density at radius 2 is 1.95 bits per heavy atom. The summed E-state index contributed by atoms with van der Waals surface area (Å²) in [6, 6.07) is 8.37. The number of rotatable bonds is 3. The maximum atomic E-state index is 12.4. The average Bonchev–Trinajstić information content (AvgIpc) is 2.54. The van der Waals surface area contributed by atoms with Crippen LogP contribution in [0.25, 0.3) is 10.9 Å². The average molecular weight is 297 g/mol. The molecule has 1 aliphatic rings. The molecule has 0 atom stereocenters. The van der Waals surface area contributed by atoms with Crippen molar-refractivity contribution in [1.82, 2.24) is 10.3 Å². The number of hydrogen-bond donors (Lipinski definition) is 1. The molecule has 0 saturated heterocycles. The fourth-order valence-electron chi connectivity index (χ4n) is 3.03. The molecule has 1 heterocycles. The maximum absolute atomic E-state index is 12.4. The highest BCUT2D eigenvalue weighted by atomic mass is 16.1. The predicted molar refractivity (Wildman–Crippen MR) is 90.4 cm³/mol. The van der Waals surface area contributed by atoms with E-state index in [1.54, 1.807) is 6.20 Å². The minimum Gasteiger partial charge on any atom is -0.378 e. The number of nitrogens with one attached hydrogen (secondary N) is 1. The Morgan fingerprint density at radius 3 is 2.68 bits per heavy atom. The molecule has 1 N–H and O–H groups in total. The number of carbonyl (C=O) groups excluding carboxylic acids is 1. The van der Waals surface area contributed by atoms with Crippen LogP contribution in [-0.4, -0.2) is 31.0 Å². The number of carbonyl (C=O) groups is 1. The molecule has 1 aromatic heterocycles. The minimum absolute atomic E-state index is 0.00186. The van der Waals surface area contributed by atoms with Gasteiger partial charge in [-0.25, -0.2) is 0 Å². The Balaban J connectivity index is 1.79. The van der Waals surface area contributed by atoms with Gasteiger partial charge < -0.3 is 10.2 Å². The van der Waals surface area contributed by atoms with Crippen LogP contribution >= 0.6 is 0 Å². The van der Waals surface area contributed by atoms with Crippen molar-refractivity contribution < 1.29 is 4.79 Å². The lowest BCUT2D eigenvalue weighted by atomic mass is 9.95. The van der Waals surface area contributed by atoms with Crippen LogP contribution in [0.5, 0.6) is 0 Å². The number of nitrogens with zero attached hydrogens (tertiary/aromatic N) is 2. The Hall–Kier alpha value is -2.10. The van der Waals surface area contributed by atoms with E-state index in [2.05, 4.69) is 10.3 Å². The highest BCUT2D eigenvalue weighted by Gasteiger charge is 2.17. The number of aromatic nitrogens is 1. The van der Waals surface area contributed by atoms with Crippen LogP contribution in [0.15, 0.2) is 30.5 Å². The molecule has 0 unspecified atom stereocenters. The number of fused-ring (bicyclic) bond motifs is 1. The van der Waals surface area contributed by atoms with Crippen molar-refractivity contribution in [2.24, 2.45) is 0 Å². The van der Waals surface area contributed by atoms with Gasteiger partial charge in [0.15, 0.2) is 0 Å². The summed E-state index contributed by atoms with van der Waals surface area (Å²) in [6.07, 6.45) is 7.60. The van der Waals surface area contributed by atoms with E-state index in [-0.39, 0.29) is 5.91 Å². The van der Waals surface area contributed by atoms with Crippen molar-refractivity contribution in [3.05, 3.63) is 36.0 Å². The SMILES string of the molecule is CN(C)c1ccc2cc(C(=O)NC3CCCCC3)cnc2c1. The van der Waals surface area contributed by atoms with Crippen LogP contribution in [0.2, 0.25) is 0 Å². The molecule has 0 spiro atoms. The van der Waals surface area contributed by atoms with Crippen molar-refractivity contribution in [3.63, 3.8) is 0 Å². The van der Waals surface area contributed by atoms with Crippen molar-refractivity contribution in [2.45, 2.75) is 38.1 Å². The fraction of sp³-hybridized carbons (Fsp3) is 0.444. The molecule has 3 rings (SSSR count). The van der Waals surface area contributed by atoms with Gasteiger partial charge in [0.05, 0.1) is 11.1 Å². The van der Waals surface area contributed by atoms with Crippen LogP contribution in [0.4, 0.5) is 5.69 Å². The van der Waals surface area contributed by atoms with Crippen LogP contribution in [0.1, 0.15) is 42.5 Å². The van der Waals surface area contributed by atoms with E-state index < -0.39 is 0 Å². The maximum Gasteiger partial charge on any atom is 0.253 e. The Morgan fingerprint density at radius 1 is 1.18 bits per heavy atom. The van der Waals surface area contributed by atoms with E-state index >= 15 is 0 Å². The first-order valence-electron chi connectivity index (χ1n) is 8.01. The van der Waals surface area contributed by atoms with Gasteiger partial charge in [0.1, 0.15) is 0 Å². The molecular weight excluding hydrogens is 274 g/mol. The number of anilines is 1. The van der Waals surface area contributed by atoms with Crippen LogP contribution in [0, 0.1) is 0 Å². The van der Waals surface area contributed by atoms with Crippen LogP contribution < -0.4 is 10.2 Å². The zero-order valence-corrected chi connectivity index (χ0v) is 13.3. The summed E-state index contributed by atoms with van der Waals surface area (Å²) < 4.78 is 0.